The van der Waals surface area contributed by atoms with Gasteiger partial charge in [-0.2, -0.15) is 0 Å². The van der Waals surface area contributed by atoms with Crippen molar-refractivity contribution in [3.8, 4) is 0 Å². The molecule has 1 aromatic carbocycles. The van der Waals surface area contributed by atoms with Gasteiger partial charge in [0.25, 0.3) is 0 Å². The fourth-order valence-electron chi connectivity index (χ4n) is 3.53. The molecule has 0 spiro atoms. The van der Waals surface area contributed by atoms with Gasteiger partial charge in [-0.05, 0) is 42.7 Å². The molecule has 20 heavy (non-hydrogen) atoms. The van der Waals surface area contributed by atoms with E-state index in [-0.39, 0.29) is 10.8 Å². The summed E-state index contributed by atoms with van der Waals surface area (Å²) < 4.78 is 14.0. The third-order valence-corrected chi connectivity index (χ3v) is 4.57. The van der Waals surface area contributed by atoms with Crippen molar-refractivity contribution in [3.05, 3.63) is 34.6 Å². The molecular formula is C17H24ClFO. The average Bonchev–Trinajstić information content (AvgIpc) is 2.34. The molecule has 2 rings (SSSR count). The maximum Gasteiger partial charge on any atom is 0.145 e. The van der Waals surface area contributed by atoms with E-state index < -0.39 is 5.60 Å². The van der Waals surface area contributed by atoms with Crippen LogP contribution < -0.4 is 0 Å². The molecule has 112 valence electrons. The smallest absolute Gasteiger partial charge is 0.145 e. The zero-order valence-corrected chi connectivity index (χ0v) is 13.1. The van der Waals surface area contributed by atoms with Gasteiger partial charge in [0.2, 0.25) is 0 Å². The van der Waals surface area contributed by atoms with Crippen LogP contribution in [0.3, 0.4) is 0 Å². The van der Waals surface area contributed by atoms with E-state index in [2.05, 4.69) is 13.8 Å². The van der Waals surface area contributed by atoms with Crippen LogP contribution in [-0.2, 0) is 6.42 Å². The second kappa shape index (κ2) is 6.44. The Morgan fingerprint density at radius 2 is 2.20 bits per heavy atom. The molecule has 2 atom stereocenters. The van der Waals surface area contributed by atoms with Crippen molar-refractivity contribution >= 4 is 11.6 Å². The van der Waals surface area contributed by atoms with Crippen LogP contribution in [0, 0.1) is 17.7 Å². The molecule has 0 heterocycles. The first-order chi connectivity index (χ1) is 9.39. The lowest BCUT2D eigenvalue weighted by molar-refractivity contribution is -0.0195. The van der Waals surface area contributed by atoms with Crippen molar-refractivity contribution in [2.24, 2.45) is 11.8 Å². The zero-order chi connectivity index (χ0) is 14.8. The van der Waals surface area contributed by atoms with Crippen LogP contribution in [0.15, 0.2) is 18.2 Å². The third-order valence-electron chi connectivity index (χ3n) is 4.28. The van der Waals surface area contributed by atoms with E-state index in [1.807, 2.05) is 0 Å². The van der Waals surface area contributed by atoms with Gasteiger partial charge in [-0.25, -0.2) is 4.39 Å². The Kier molecular flexibility index (Phi) is 5.09. The number of hydrogen-bond donors (Lipinski definition) is 1. The number of aliphatic hydroxyl groups is 1. The first-order valence-corrected chi connectivity index (χ1v) is 7.93. The highest BCUT2D eigenvalue weighted by Gasteiger charge is 2.35. The number of benzene rings is 1. The van der Waals surface area contributed by atoms with Crippen LogP contribution in [-0.4, -0.2) is 10.7 Å². The van der Waals surface area contributed by atoms with Crippen LogP contribution in [0.4, 0.5) is 4.39 Å². The van der Waals surface area contributed by atoms with Gasteiger partial charge in [0.05, 0.1) is 10.6 Å². The summed E-state index contributed by atoms with van der Waals surface area (Å²) in [6.45, 7) is 4.43. The Morgan fingerprint density at radius 3 is 2.90 bits per heavy atom. The van der Waals surface area contributed by atoms with E-state index in [1.165, 1.54) is 6.42 Å². The number of halogens is 2. The molecule has 1 aliphatic rings. The van der Waals surface area contributed by atoms with Gasteiger partial charge in [0.15, 0.2) is 0 Å². The monoisotopic (exact) mass is 298 g/mol. The normalized spacial score (nSPS) is 27.0. The van der Waals surface area contributed by atoms with Crippen molar-refractivity contribution in [2.45, 2.75) is 58.0 Å². The summed E-state index contributed by atoms with van der Waals surface area (Å²) in [6, 6.07) is 5.02. The molecule has 3 heteroatoms. The standard InChI is InChI=1S/C17H24ClFO/c1-12(2)9-13-5-4-8-17(20,10-13)11-14-6-3-7-15(18)16(14)19/h3,6-7,12-13,20H,4-5,8-11H2,1-2H3. The largest absolute Gasteiger partial charge is 0.390 e. The van der Waals surface area contributed by atoms with E-state index in [4.69, 9.17) is 11.6 Å². The van der Waals surface area contributed by atoms with E-state index in [0.717, 1.165) is 25.7 Å². The van der Waals surface area contributed by atoms with Gasteiger partial charge in [-0.3, -0.25) is 0 Å². The molecule has 1 aliphatic carbocycles. The highest BCUT2D eigenvalue weighted by Crippen LogP contribution is 2.38. The van der Waals surface area contributed by atoms with Gasteiger partial charge in [-0.1, -0.05) is 50.4 Å². The first kappa shape index (κ1) is 15.8. The minimum atomic E-state index is -0.774. The molecule has 0 saturated heterocycles. The Morgan fingerprint density at radius 1 is 1.45 bits per heavy atom. The predicted octanol–water partition coefficient (Wildman–Crippen LogP) is 4.99. The van der Waals surface area contributed by atoms with Crippen LogP contribution in [0.1, 0.15) is 51.5 Å². The fraction of sp³-hybridized carbons (Fsp3) is 0.647. The Hall–Kier alpha value is -0.600. The van der Waals surface area contributed by atoms with Gasteiger partial charge < -0.3 is 5.11 Å². The topological polar surface area (TPSA) is 20.2 Å². The molecule has 0 aromatic heterocycles. The third kappa shape index (κ3) is 3.95. The van der Waals surface area contributed by atoms with Crippen molar-refractivity contribution in [1.29, 1.82) is 0 Å². The van der Waals surface area contributed by atoms with Gasteiger partial charge in [-0.15, -0.1) is 0 Å². The minimum absolute atomic E-state index is 0.139. The number of hydrogen-bond acceptors (Lipinski definition) is 1. The second-order valence-corrected chi connectivity index (χ2v) is 7.11. The summed E-state index contributed by atoms with van der Waals surface area (Å²) in [7, 11) is 0. The summed E-state index contributed by atoms with van der Waals surface area (Å²) in [5.41, 5.74) is -0.242. The SMILES string of the molecule is CC(C)CC1CCCC(O)(Cc2cccc(Cl)c2F)C1. The lowest BCUT2D eigenvalue weighted by Crippen LogP contribution is -2.38. The van der Waals surface area contributed by atoms with Crippen molar-refractivity contribution in [3.63, 3.8) is 0 Å². The summed E-state index contributed by atoms with van der Waals surface area (Å²) >= 11 is 5.82. The molecule has 0 bridgehead atoms. The first-order valence-electron chi connectivity index (χ1n) is 7.55. The lowest BCUT2D eigenvalue weighted by atomic mass is 9.73. The zero-order valence-electron chi connectivity index (χ0n) is 12.3. The summed E-state index contributed by atoms with van der Waals surface area (Å²) in [5, 5.41) is 11.0. The fourth-order valence-corrected chi connectivity index (χ4v) is 3.72. The molecule has 1 saturated carbocycles. The Bertz CT molecular complexity index is 460. The van der Waals surface area contributed by atoms with Crippen molar-refractivity contribution in [2.75, 3.05) is 0 Å². The molecule has 2 unspecified atom stereocenters. The lowest BCUT2D eigenvalue weighted by Gasteiger charge is -2.37. The van der Waals surface area contributed by atoms with Gasteiger partial charge >= 0.3 is 0 Å². The summed E-state index contributed by atoms with van der Waals surface area (Å²) in [6.07, 6.45) is 5.24. The number of rotatable bonds is 4. The molecule has 1 nitrogen and oxygen atoms in total. The Balaban J connectivity index is 2.08. The Labute approximate surface area is 126 Å². The maximum atomic E-state index is 14.0. The van der Waals surface area contributed by atoms with E-state index >= 15 is 0 Å². The van der Waals surface area contributed by atoms with E-state index in [9.17, 15) is 9.50 Å². The highest BCUT2D eigenvalue weighted by molar-refractivity contribution is 6.30. The minimum Gasteiger partial charge on any atom is -0.390 e. The van der Waals surface area contributed by atoms with Crippen LogP contribution in [0.5, 0.6) is 0 Å². The molecular weight excluding hydrogens is 275 g/mol. The molecule has 1 fully saturated rings. The van der Waals surface area contributed by atoms with Crippen LogP contribution in [0.2, 0.25) is 5.02 Å². The molecule has 0 amide bonds. The average molecular weight is 299 g/mol. The summed E-state index contributed by atoms with van der Waals surface area (Å²) in [5.74, 6) is 0.815. The molecule has 0 aliphatic heterocycles. The van der Waals surface area contributed by atoms with E-state index in [0.29, 0.717) is 23.8 Å². The quantitative estimate of drug-likeness (QED) is 0.830. The summed E-state index contributed by atoms with van der Waals surface area (Å²) in [4.78, 5) is 0. The van der Waals surface area contributed by atoms with Crippen molar-refractivity contribution in [1.82, 2.24) is 0 Å². The predicted molar refractivity (Wildman–Crippen MR) is 81.5 cm³/mol. The van der Waals surface area contributed by atoms with Gasteiger partial charge in [0.1, 0.15) is 5.82 Å². The molecule has 1 aromatic rings. The van der Waals surface area contributed by atoms with E-state index in [1.54, 1.807) is 18.2 Å². The maximum absolute atomic E-state index is 14.0. The highest BCUT2D eigenvalue weighted by atomic mass is 35.5. The van der Waals surface area contributed by atoms with Crippen LogP contribution >= 0.6 is 11.6 Å². The second-order valence-electron chi connectivity index (χ2n) is 6.71. The van der Waals surface area contributed by atoms with Gasteiger partial charge in [0, 0.05) is 6.42 Å². The van der Waals surface area contributed by atoms with Crippen LogP contribution in [0.25, 0.3) is 0 Å². The molecule has 0 radical (unpaired) electrons. The van der Waals surface area contributed by atoms with Crippen molar-refractivity contribution < 1.29 is 9.50 Å². The molecule has 1 N–H and O–H groups in total.